The minimum atomic E-state index is -0.484. The Balaban J connectivity index is 1.67. The molecule has 0 aliphatic heterocycles. The van der Waals surface area contributed by atoms with E-state index in [-0.39, 0.29) is 36.9 Å². The van der Waals surface area contributed by atoms with Crippen molar-refractivity contribution in [3.8, 4) is 17.2 Å². The second-order valence-electron chi connectivity index (χ2n) is 6.74. The van der Waals surface area contributed by atoms with E-state index in [4.69, 9.17) is 14.2 Å². The first kappa shape index (κ1) is 23.0. The highest BCUT2D eigenvalue weighted by Gasteiger charge is 2.20. The SMILES string of the molecule is COc1cc(CCNC(=O)c2ccccc2OCc2csc(C)n2)c([N+](=O)[O-])cc1OC. The molecule has 0 bridgehead atoms. The Labute approximate surface area is 189 Å². The van der Waals surface area contributed by atoms with Crippen LogP contribution in [0.25, 0.3) is 0 Å². The summed E-state index contributed by atoms with van der Waals surface area (Å²) in [6.45, 7) is 2.36. The summed E-state index contributed by atoms with van der Waals surface area (Å²) in [5.74, 6) is 0.759. The van der Waals surface area contributed by atoms with Crippen molar-refractivity contribution in [2.24, 2.45) is 0 Å². The normalized spacial score (nSPS) is 10.5. The summed E-state index contributed by atoms with van der Waals surface area (Å²) >= 11 is 1.53. The van der Waals surface area contributed by atoms with Gasteiger partial charge in [0.1, 0.15) is 12.4 Å². The van der Waals surface area contributed by atoms with Crippen LogP contribution in [0.4, 0.5) is 5.69 Å². The lowest BCUT2D eigenvalue weighted by atomic mass is 10.1. The predicted octanol–water partition coefficient (Wildman–Crippen LogP) is 3.93. The molecule has 0 aliphatic rings. The summed E-state index contributed by atoms with van der Waals surface area (Å²) in [5, 5.41) is 17.1. The second kappa shape index (κ2) is 10.6. The van der Waals surface area contributed by atoms with E-state index in [1.807, 2.05) is 12.3 Å². The number of aromatic nitrogens is 1. The molecule has 0 saturated heterocycles. The number of carbonyl (C=O) groups is 1. The summed E-state index contributed by atoms with van der Waals surface area (Å²) in [5.41, 5.74) is 1.50. The van der Waals surface area contributed by atoms with Crippen molar-refractivity contribution in [2.45, 2.75) is 20.0 Å². The number of carbonyl (C=O) groups excluding carboxylic acids is 1. The van der Waals surface area contributed by atoms with Gasteiger partial charge in [-0.05, 0) is 31.5 Å². The molecule has 0 aliphatic carbocycles. The van der Waals surface area contributed by atoms with E-state index in [1.165, 1.54) is 31.6 Å². The van der Waals surface area contributed by atoms with Crippen molar-refractivity contribution >= 4 is 22.9 Å². The van der Waals surface area contributed by atoms with Crippen LogP contribution in [0.3, 0.4) is 0 Å². The number of nitrogens with zero attached hydrogens (tertiary/aromatic N) is 2. The summed E-state index contributed by atoms with van der Waals surface area (Å²) in [6.07, 6.45) is 0.240. The van der Waals surface area contributed by atoms with Gasteiger partial charge in [0.15, 0.2) is 11.5 Å². The number of thiazole rings is 1. The van der Waals surface area contributed by atoms with Crippen molar-refractivity contribution in [3.05, 3.63) is 73.7 Å². The van der Waals surface area contributed by atoms with Crippen LogP contribution in [0.5, 0.6) is 17.2 Å². The number of hydrogen-bond acceptors (Lipinski definition) is 8. The number of para-hydroxylation sites is 1. The quantitative estimate of drug-likeness (QED) is 0.362. The maximum absolute atomic E-state index is 12.7. The van der Waals surface area contributed by atoms with Crippen LogP contribution in [0, 0.1) is 17.0 Å². The Morgan fingerprint density at radius 1 is 1.16 bits per heavy atom. The standard InChI is InChI=1S/C22H23N3O6S/c1-14-24-16(13-32-14)12-31-19-7-5-4-6-17(19)22(26)23-9-8-15-10-20(29-2)21(30-3)11-18(15)25(27)28/h4-7,10-11,13H,8-9,12H2,1-3H3,(H,23,26). The van der Waals surface area contributed by atoms with E-state index in [0.29, 0.717) is 22.6 Å². The van der Waals surface area contributed by atoms with Crippen LogP contribution in [-0.2, 0) is 13.0 Å². The van der Waals surface area contributed by atoms with Gasteiger partial charge in [-0.25, -0.2) is 4.98 Å². The maximum Gasteiger partial charge on any atom is 0.276 e. The minimum absolute atomic E-state index is 0.0980. The molecule has 32 heavy (non-hydrogen) atoms. The molecule has 9 nitrogen and oxygen atoms in total. The van der Waals surface area contributed by atoms with Crippen LogP contribution in [-0.4, -0.2) is 36.6 Å². The summed E-state index contributed by atoms with van der Waals surface area (Å²) < 4.78 is 16.2. The molecule has 0 fully saturated rings. The highest BCUT2D eigenvalue weighted by molar-refractivity contribution is 7.09. The largest absolute Gasteiger partial charge is 0.493 e. The number of aryl methyl sites for hydroxylation is 1. The molecule has 1 N–H and O–H groups in total. The zero-order chi connectivity index (χ0) is 23.1. The number of methoxy groups -OCH3 is 2. The van der Waals surface area contributed by atoms with Crippen LogP contribution < -0.4 is 19.5 Å². The monoisotopic (exact) mass is 457 g/mol. The lowest BCUT2D eigenvalue weighted by molar-refractivity contribution is -0.385. The minimum Gasteiger partial charge on any atom is -0.493 e. The topological polar surface area (TPSA) is 113 Å². The van der Waals surface area contributed by atoms with E-state index < -0.39 is 4.92 Å². The van der Waals surface area contributed by atoms with E-state index in [2.05, 4.69) is 10.3 Å². The van der Waals surface area contributed by atoms with Gasteiger partial charge in [0.2, 0.25) is 0 Å². The van der Waals surface area contributed by atoms with Gasteiger partial charge in [-0.1, -0.05) is 12.1 Å². The Kier molecular flexibility index (Phi) is 7.61. The average molecular weight is 458 g/mol. The summed E-state index contributed by atoms with van der Waals surface area (Å²) in [4.78, 5) is 28.0. The van der Waals surface area contributed by atoms with Crippen LogP contribution in [0.15, 0.2) is 41.8 Å². The van der Waals surface area contributed by atoms with Crippen molar-refractivity contribution in [1.82, 2.24) is 10.3 Å². The third-order valence-electron chi connectivity index (χ3n) is 4.64. The number of nitro benzene ring substituents is 1. The molecule has 1 heterocycles. The van der Waals surface area contributed by atoms with Gasteiger partial charge < -0.3 is 19.5 Å². The molecule has 0 saturated carbocycles. The van der Waals surface area contributed by atoms with E-state index in [9.17, 15) is 14.9 Å². The first-order valence-corrected chi connectivity index (χ1v) is 10.6. The first-order valence-electron chi connectivity index (χ1n) is 9.73. The van der Waals surface area contributed by atoms with Gasteiger partial charge in [-0.3, -0.25) is 14.9 Å². The molecule has 0 unspecified atom stereocenters. The third-order valence-corrected chi connectivity index (χ3v) is 5.46. The first-order chi connectivity index (χ1) is 15.4. The number of nitrogens with one attached hydrogen (secondary N) is 1. The molecule has 1 amide bonds. The molecule has 1 aromatic heterocycles. The molecule has 3 rings (SSSR count). The second-order valence-corrected chi connectivity index (χ2v) is 7.80. The van der Waals surface area contributed by atoms with Gasteiger partial charge >= 0.3 is 0 Å². The zero-order valence-electron chi connectivity index (χ0n) is 17.9. The molecule has 3 aromatic rings. The van der Waals surface area contributed by atoms with Gasteiger partial charge in [-0.15, -0.1) is 11.3 Å². The number of hydrogen-bond donors (Lipinski definition) is 1. The number of amides is 1. The number of ether oxygens (including phenoxy) is 3. The fourth-order valence-corrected chi connectivity index (χ4v) is 3.69. The number of rotatable bonds is 10. The molecule has 0 radical (unpaired) electrons. The fraction of sp³-hybridized carbons (Fsp3) is 0.273. The smallest absolute Gasteiger partial charge is 0.276 e. The highest BCUT2D eigenvalue weighted by Crippen LogP contribution is 2.34. The maximum atomic E-state index is 12.7. The number of benzene rings is 2. The highest BCUT2D eigenvalue weighted by atomic mass is 32.1. The molecule has 168 valence electrons. The predicted molar refractivity (Wildman–Crippen MR) is 120 cm³/mol. The number of nitro groups is 1. The summed E-state index contributed by atoms with van der Waals surface area (Å²) in [7, 11) is 2.87. The average Bonchev–Trinajstić information content (AvgIpc) is 3.22. The third kappa shape index (κ3) is 5.52. The van der Waals surface area contributed by atoms with E-state index >= 15 is 0 Å². The molecule has 0 atom stereocenters. The Morgan fingerprint density at radius 2 is 1.88 bits per heavy atom. The van der Waals surface area contributed by atoms with Gasteiger partial charge in [-0.2, -0.15) is 0 Å². The van der Waals surface area contributed by atoms with Gasteiger partial charge in [0, 0.05) is 17.5 Å². The van der Waals surface area contributed by atoms with Gasteiger partial charge in [0.25, 0.3) is 11.6 Å². The van der Waals surface area contributed by atoms with Gasteiger partial charge in [0.05, 0.1) is 41.5 Å². The van der Waals surface area contributed by atoms with Crippen molar-refractivity contribution in [3.63, 3.8) is 0 Å². The van der Waals surface area contributed by atoms with Crippen molar-refractivity contribution in [1.29, 1.82) is 0 Å². The zero-order valence-corrected chi connectivity index (χ0v) is 18.7. The Hall–Kier alpha value is -3.66. The van der Waals surface area contributed by atoms with Crippen LogP contribution in [0.1, 0.15) is 26.6 Å². The Bertz CT molecular complexity index is 1110. The fourth-order valence-electron chi connectivity index (χ4n) is 3.09. The molecular formula is C22H23N3O6S. The molecular weight excluding hydrogens is 434 g/mol. The molecule has 10 heteroatoms. The molecule has 0 spiro atoms. The lowest BCUT2D eigenvalue weighted by Gasteiger charge is -2.12. The van der Waals surface area contributed by atoms with E-state index in [1.54, 1.807) is 30.3 Å². The molecule has 2 aromatic carbocycles. The Morgan fingerprint density at radius 3 is 2.53 bits per heavy atom. The van der Waals surface area contributed by atoms with Crippen molar-refractivity contribution in [2.75, 3.05) is 20.8 Å². The summed E-state index contributed by atoms with van der Waals surface area (Å²) in [6, 6.07) is 9.78. The lowest BCUT2D eigenvalue weighted by Crippen LogP contribution is -2.26. The van der Waals surface area contributed by atoms with Crippen LogP contribution in [0.2, 0.25) is 0 Å². The van der Waals surface area contributed by atoms with Crippen molar-refractivity contribution < 1.29 is 23.9 Å². The van der Waals surface area contributed by atoms with Crippen LogP contribution >= 0.6 is 11.3 Å². The van der Waals surface area contributed by atoms with E-state index in [0.717, 1.165) is 10.7 Å².